The molecule has 1 heterocycles. The number of rotatable bonds is 8. The summed E-state index contributed by atoms with van der Waals surface area (Å²) in [6, 6.07) is 3.33. The maximum atomic E-state index is 11.4. The largest absolute Gasteiger partial charge is 0.396 e. The summed E-state index contributed by atoms with van der Waals surface area (Å²) >= 11 is 0. The zero-order valence-corrected chi connectivity index (χ0v) is 15.2. The van der Waals surface area contributed by atoms with Crippen molar-refractivity contribution in [1.29, 1.82) is 0 Å². The molecular formula is C18H28N6O2. The number of hydrogen-bond acceptors (Lipinski definition) is 6. The number of aromatic nitrogens is 1. The fourth-order valence-corrected chi connectivity index (χ4v) is 3.11. The summed E-state index contributed by atoms with van der Waals surface area (Å²) in [7, 11) is 1.71. The van der Waals surface area contributed by atoms with Gasteiger partial charge in [-0.15, -0.1) is 0 Å². The molecule has 0 aromatic carbocycles. The predicted molar refractivity (Wildman–Crippen MR) is 104 cm³/mol. The smallest absolute Gasteiger partial charge is 0.250 e. The summed E-state index contributed by atoms with van der Waals surface area (Å²) in [5, 5.41) is 16.3. The summed E-state index contributed by atoms with van der Waals surface area (Å²) in [5.41, 5.74) is 9.71. The Morgan fingerprint density at radius 2 is 2.23 bits per heavy atom. The van der Waals surface area contributed by atoms with E-state index in [0.29, 0.717) is 18.2 Å². The number of nitrogens with one attached hydrogen (secondary N) is 2. The van der Waals surface area contributed by atoms with E-state index in [4.69, 9.17) is 5.73 Å². The third-order valence-corrected chi connectivity index (χ3v) is 4.54. The van der Waals surface area contributed by atoms with Gasteiger partial charge in [-0.1, -0.05) is 18.9 Å². The van der Waals surface area contributed by atoms with Gasteiger partial charge in [0.2, 0.25) is 5.56 Å². The first-order chi connectivity index (χ1) is 12.5. The number of aliphatic imine (C=N–C) groups is 1. The molecule has 0 amide bonds. The van der Waals surface area contributed by atoms with Gasteiger partial charge < -0.3 is 20.7 Å². The highest BCUT2D eigenvalue weighted by molar-refractivity contribution is 5.92. The molecule has 0 bridgehead atoms. The SMILES string of the molecule is C=NN/C(=C\C(N)=N[C@H]1CCCC[C@H]1CO)NCc1ccc(=O)n(C)c1. The van der Waals surface area contributed by atoms with Crippen molar-refractivity contribution in [2.45, 2.75) is 38.3 Å². The lowest BCUT2D eigenvalue weighted by Crippen LogP contribution is -2.30. The van der Waals surface area contributed by atoms with Gasteiger partial charge in [-0.3, -0.25) is 15.2 Å². The third-order valence-electron chi connectivity index (χ3n) is 4.54. The van der Waals surface area contributed by atoms with E-state index in [-0.39, 0.29) is 24.1 Å². The van der Waals surface area contributed by atoms with Crippen LogP contribution in [0.3, 0.4) is 0 Å². The Hall–Kier alpha value is -2.61. The number of hydrazone groups is 1. The molecular weight excluding hydrogens is 332 g/mol. The van der Waals surface area contributed by atoms with E-state index in [1.54, 1.807) is 25.4 Å². The molecule has 142 valence electrons. The number of aliphatic hydroxyl groups is 1. The van der Waals surface area contributed by atoms with Crippen LogP contribution in [0.15, 0.2) is 45.1 Å². The highest BCUT2D eigenvalue weighted by atomic mass is 16.3. The van der Waals surface area contributed by atoms with Crippen molar-refractivity contribution in [3.05, 3.63) is 46.1 Å². The predicted octanol–water partition coefficient (Wildman–Crippen LogP) is 0.430. The van der Waals surface area contributed by atoms with Gasteiger partial charge in [0.05, 0.1) is 6.04 Å². The van der Waals surface area contributed by atoms with Gasteiger partial charge in [0.1, 0.15) is 11.7 Å². The molecule has 0 unspecified atom stereocenters. The molecule has 1 fully saturated rings. The normalized spacial score (nSPS) is 21.3. The number of hydrogen-bond donors (Lipinski definition) is 4. The van der Waals surface area contributed by atoms with Crippen LogP contribution in [0.5, 0.6) is 0 Å². The molecule has 0 saturated heterocycles. The van der Waals surface area contributed by atoms with Crippen molar-refractivity contribution in [3.63, 3.8) is 0 Å². The van der Waals surface area contributed by atoms with Crippen molar-refractivity contribution in [1.82, 2.24) is 15.3 Å². The van der Waals surface area contributed by atoms with Crippen LogP contribution in [0.25, 0.3) is 0 Å². The molecule has 1 saturated carbocycles. The summed E-state index contributed by atoms with van der Waals surface area (Å²) < 4.78 is 1.52. The van der Waals surface area contributed by atoms with Crippen LogP contribution >= 0.6 is 0 Å². The third kappa shape index (κ3) is 5.73. The number of aryl methyl sites for hydroxylation is 1. The van der Waals surface area contributed by atoms with Gasteiger partial charge in [-0.25, -0.2) is 0 Å². The Bertz CT molecular complexity index is 725. The number of amidine groups is 1. The Balaban J connectivity index is 2.06. The van der Waals surface area contributed by atoms with E-state index in [1.807, 2.05) is 0 Å². The first-order valence-electron chi connectivity index (χ1n) is 8.80. The quantitative estimate of drug-likeness (QED) is 0.305. The van der Waals surface area contributed by atoms with Crippen LogP contribution in [0.2, 0.25) is 0 Å². The number of aliphatic hydroxyl groups excluding tert-OH is 1. The molecule has 2 atom stereocenters. The molecule has 5 N–H and O–H groups in total. The van der Waals surface area contributed by atoms with Crippen LogP contribution in [-0.2, 0) is 13.6 Å². The molecule has 0 aliphatic heterocycles. The van der Waals surface area contributed by atoms with Crippen LogP contribution in [0, 0.1) is 5.92 Å². The lowest BCUT2D eigenvalue weighted by Gasteiger charge is -2.27. The monoisotopic (exact) mass is 360 g/mol. The molecule has 1 aromatic heterocycles. The standard InChI is InChI=1S/C18H28N6O2/c1-20-23-17(21-10-13-7-8-18(26)24(2)11-13)9-16(19)22-15-6-4-3-5-14(15)12-25/h7-9,11,14-15,21,23,25H,1,3-6,10,12H2,2H3,(H2,19,22)/b17-9-/t14-,15-/m0/s1. The van der Waals surface area contributed by atoms with Gasteiger partial charge in [0, 0.05) is 51.2 Å². The van der Waals surface area contributed by atoms with Gasteiger partial charge >= 0.3 is 0 Å². The van der Waals surface area contributed by atoms with E-state index in [2.05, 4.69) is 27.6 Å². The van der Waals surface area contributed by atoms with Crippen molar-refractivity contribution in [3.8, 4) is 0 Å². The van der Waals surface area contributed by atoms with E-state index in [1.165, 1.54) is 10.6 Å². The average Bonchev–Trinajstić information content (AvgIpc) is 2.63. The van der Waals surface area contributed by atoms with Crippen molar-refractivity contribution in [2.24, 2.45) is 28.8 Å². The van der Waals surface area contributed by atoms with E-state index in [9.17, 15) is 9.90 Å². The molecule has 8 heteroatoms. The Kier molecular flexibility index (Phi) is 7.40. The van der Waals surface area contributed by atoms with E-state index in [0.717, 1.165) is 31.2 Å². The second kappa shape index (κ2) is 9.76. The lowest BCUT2D eigenvalue weighted by molar-refractivity contribution is 0.172. The zero-order chi connectivity index (χ0) is 18.9. The summed E-state index contributed by atoms with van der Waals surface area (Å²) in [5.74, 6) is 1.10. The zero-order valence-electron chi connectivity index (χ0n) is 15.2. The number of pyridine rings is 1. The first-order valence-corrected chi connectivity index (χ1v) is 8.80. The summed E-state index contributed by atoms with van der Waals surface area (Å²) in [6.45, 7) is 4.05. The van der Waals surface area contributed by atoms with Crippen LogP contribution in [0.1, 0.15) is 31.2 Å². The van der Waals surface area contributed by atoms with E-state index >= 15 is 0 Å². The molecule has 26 heavy (non-hydrogen) atoms. The second-order valence-electron chi connectivity index (χ2n) is 6.52. The minimum atomic E-state index is -0.0577. The second-order valence-corrected chi connectivity index (χ2v) is 6.52. The number of nitrogens with two attached hydrogens (primary N) is 1. The Morgan fingerprint density at radius 3 is 2.92 bits per heavy atom. The first kappa shape index (κ1) is 19.7. The molecule has 1 aromatic rings. The van der Waals surface area contributed by atoms with E-state index < -0.39 is 0 Å². The van der Waals surface area contributed by atoms with Crippen LogP contribution in [-0.4, -0.2) is 34.9 Å². The summed E-state index contributed by atoms with van der Waals surface area (Å²) in [4.78, 5) is 16.0. The minimum absolute atomic E-state index is 0.0478. The van der Waals surface area contributed by atoms with Gasteiger partial charge in [-0.2, -0.15) is 5.10 Å². The highest BCUT2D eigenvalue weighted by Gasteiger charge is 2.23. The van der Waals surface area contributed by atoms with Crippen molar-refractivity contribution >= 4 is 12.6 Å². The number of nitrogens with zero attached hydrogens (tertiary/aromatic N) is 3. The maximum Gasteiger partial charge on any atom is 0.250 e. The molecule has 1 aliphatic rings. The molecule has 1 aliphatic carbocycles. The van der Waals surface area contributed by atoms with Gasteiger partial charge in [0.15, 0.2) is 0 Å². The Labute approximate surface area is 153 Å². The highest BCUT2D eigenvalue weighted by Crippen LogP contribution is 2.26. The van der Waals surface area contributed by atoms with Crippen molar-refractivity contribution in [2.75, 3.05) is 6.61 Å². The van der Waals surface area contributed by atoms with Gasteiger partial charge in [0.25, 0.3) is 0 Å². The van der Waals surface area contributed by atoms with Crippen LogP contribution in [0.4, 0.5) is 0 Å². The average molecular weight is 360 g/mol. The topological polar surface area (TPSA) is 117 Å². The Morgan fingerprint density at radius 1 is 1.46 bits per heavy atom. The maximum absolute atomic E-state index is 11.4. The molecule has 0 spiro atoms. The van der Waals surface area contributed by atoms with Crippen molar-refractivity contribution < 1.29 is 5.11 Å². The molecule has 8 nitrogen and oxygen atoms in total. The van der Waals surface area contributed by atoms with Gasteiger partial charge in [-0.05, 0) is 18.4 Å². The minimum Gasteiger partial charge on any atom is -0.396 e. The fourth-order valence-electron chi connectivity index (χ4n) is 3.11. The molecule has 2 rings (SSSR count). The fraction of sp³-hybridized carbons (Fsp3) is 0.500. The lowest BCUT2D eigenvalue weighted by atomic mass is 9.85. The van der Waals surface area contributed by atoms with Crippen LogP contribution < -0.4 is 22.0 Å². The summed E-state index contributed by atoms with van der Waals surface area (Å²) in [6.07, 6.45) is 7.58. The molecule has 0 radical (unpaired) electrons.